The van der Waals surface area contributed by atoms with E-state index in [1.54, 1.807) is 11.8 Å². The van der Waals surface area contributed by atoms with Gasteiger partial charge in [-0.05, 0) is 23.8 Å². The second-order valence-electron chi connectivity index (χ2n) is 2.96. The average Bonchev–Trinajstić information content (AvgIpc) is 2.67. The van der Waals surface area contributed by atoms with Crippen molar-refractivity contribution >= 4 is 34.5 Å². The average molecular weight is 224 g/mol. The quantitative estimate of drug-likeness (QED) is 0.748. The summed E-state index contributed by atoms with van der Waals surface area (Å²) in [6.07, 6.45) is 4.09. The minimum absolute atomic E-state index is 0.771. The lowest BCUT2D eigenvalue weighted by atomic mass is 10.2. The number of aliphatic imine (C=N–C) groups is 1. The van der Waals surface area contributed by atoms with Gasteiger partial charge in [-0.25, -0.2) is 0 Å². The third-order valence-electron chi connectivity index (χ3n) is 1.88. The molecule has 1 aromatic carbocycles. The number of thioether (sulfide) groups is 1. The molecule has 0 radical (unpaired) electrons. The van der Waals surface area contributed by atoms with E-state index in [1.165, 1.54) is 0 Å². The number of rotatable bonds is 2. The molecule has 0 amide bonds. The highest BCUT2D eigenvalue weighted by atomic mass is 35.5. The molecular formula is C11H10ClNS. The molecule has 0 atom stereocenters. The Morgan fingerprint density at radius 1 is 1.36 bits per heavy atom. The smallest absolute Gasteiger partial charge is 0.0905 e. The molecule has 0 fully saturated rings. The Labute approximate surface area is 92.9 Å². The molecule has 0 bridgehead atoms. The summed E-state index contributed by atoms with van der Waals surface area (Å²) in [6.45, 7) is 0.944. The summed E-state index contributed by atoms with van der Waals surface area (Å²) in [5.41, 5.74) is 1.12. The van der Waals surface area contributed by atoms with Gasteiger partial charge in [0.15, 0.2) is 0 Å². The van der Waals surface area contributed by atoms with Crippen LogP contribution in [-0.4, -0.2) is 17.3 Å². The highest BCUT2D eigenvalue weighted by Crippen LogP contribution is 2.15. The monoisotopic (exact) mass is 223 g/mol. The van der Waals surface area contributed by atoms with Gasteiger partial charge in [-0.15, -0.1) is 11.8 Å². The highest BCUT2D eigenvalue weighted by Gasteiger charge is 2.01. The molecule has 0 spiro atoms. The Morgan fingerprint density at radius 2 is 2.29 bits per heavy atom. The zero-order chi connectivity index (χ0) is 9.80. The van der Waals surface area contributed by atoms with Crippen LogP contribution in [0.1, 0.15) is 5.56 Å². The first-order valence-electron chi connectivity index (χ1n) is 4.45. The van der Waals surface area contributed by atoms with Gasteiger partial charge in [-0.2, -0.15) is 0 Å². The van der Waals surface area contributed by atoms with Gasteiger partial charge in [0.2, 0.25) is 0 Å². The van der Waals surface area contributed by atoms with E-state index in [1.807, 2.05) is 36.4 Å². The van der Waals surface area contributed by atoms with Crippen molar-refractivity contribution in [2.24, 2.45) is 4.99 Å². The van der Waals surface area contributed by atoms with Crippen molar-refractivity contribution < 1.29 is 0 Å². The molecule has 1 aliphatic rings. The number of benzene rings is 1. The van der Waals surface area contributed by atoms with E-state index in [9.17, 15) is 0 Å². The van der Waals surface area contributed by atoms with Crippen molar-refractivity contribution in [3.8, 4) is 0 Å². The van der Waals surface area contributed by atoms with Crippen molar-refractivity contribution in [3.05, 3.63) is 40.9 Å². The van der Waals surface area contributed by atoms with E-state index in [0.717, 1.165) is 27.9 Å². The van der Waals surface area contributed by atoms with E-state index in [2.05, 4.69) is 4.99 Å². The van der Waals surface area contributed by atoms with Crippen LogP contribution in [0.5, 0.6) is 0 Å². The zero-order valence-electron chi connectivity index (χ0n) is 7.61. The zero-order valence-corrected chi connectivity index (χ0v) is 9.18. The largest absolute Gasteiger partial charge is 0.278 e. The van der Waals surface area contributed by atoms with Gasteiger partial charge >= 0.3 is 0 Å². The molecule has 0 N–H and O–H groups in total. The van der Waals surface area contributed by atoms with Crippen LogP contribution >= 0.6 is 23.4 Å². The van der Waals surface area contributed by atoms with Crippen molar-refractivity contribution in [1.82, 2.24) is 0 Å². The second-order valence-corrected chi connectivity index (χ2v) is 4.51. The van der Waals surface area contributed by atoms with E-state index < -0.39 is 0 Å². The minimum Gasteiger partial charge on any atom is -0.278 e. The molecule has 72 valence electrons. The lowest BCUT2D eigenvalue weighted by molar-refractivity contribution is 1.18. The fourth-order valence-corrected chi connectivity index (χ4v) is 2.17. The summed E-state index contributed by atoms with van der Waals surface area (Å²) in [5.74, 6) is 1.11. The van der Waals surface area contributed by atoms with Crippen molar-refractivity contribution in [3.63, 3.8) is 0 Å². The van der Waals surface area contributed by atoms with Crippen LogP contribution in [0.4, 0.5) is 0 Å². The van der Waals surface area contributed by atoms with Gasteiger partial charge in [-0.1, -0.05) is 29.8 Å². The fraction of sp³-hybridized carbons (Fsp3) is 0.182. The molecule has 14 heavy (non-hydrogen) atoms. The normalized spacial score (nSPS) is 16.2. The van der Waals surface area contributed by atoms with Crippen LogP contribution in [0.3, 0.4) is 0 Å². The second kappa shape index (κ2) is 4.67. The third-order valence-corrected chi connectivity index (χ3v) is 3.06. The maximum Gasteiger partial charge on any atom is 0.0905 e. The third kappa shape index (κ3) is 2.63. The summed E-state index contributed by atoms with van der Waals surface area (Å²) >= 11 is 7.67. The van der Waals surface area contributed by atoms with Gasteiger partial charge in [0.05, 0.1) is 5.04 Å². The van der Waals surface area contributed by atoms with Gasteiger partial charge in [0.25, 0.3) is 0 Å². The lowest BCUT2D eigenvalue weighted by Crippen LogP contribution is -1.79. The molecular weight excluding hydrogens is 214 g/mol. The van der Waals surface area contributed by atoms with E-state index >= 15 is 0 Å². The standard InChI is InChI=1S/C11H10ClNS/c12-10-3-1-2-9(8-10)4-5-11-13-6-7-14-11/h1-5,8H,6-7H2/b5-4-. The van der Waals surface area contributed by atoms with Crippen LogP contribution in [0.15, 0.2) is 35.3 Å². The summed E-state index contributed by atoms with van der Waals surface area (Å²) in [4.78, 5) is 4.33. The first-order valence-corrected chi connectivity index (χ1v) is 5.82. The van der Waals surface area contributed by atoms with Gasteiger partial charge in [0, 0.05) is 17.3 Å². The highest BCUT2D eigenvalue weighted by molar-refractivity contribution is 8.14. The first kappa shape index (κ1) is 9.81. The molecule has 1 nitrogen and oxygen atoms in total. The predicted molar refractivity (Wildman–Crippen MR) is 65.2 cm³/mol. The Morgan fingerprint density at radius 3 is 3.00 bits per heavy atom. The maximum atomic E-state index is 5.87. The fourth-order valence-electron chi connectivity index (χ4n) is 1.23. The van der Waals surface area contributed by atoms with Gasteiger partial charge in [0.1, 0.15) is 0 Å². The van der Waals surface area contributed by atoms with Crippen LogP contribution in [0, 0.1) is 0 Å². The molecule has 0 unspecified atom stereocenters. The van der Waals surface area contributed by atoms with Crippen molar-refractivity contribution in [2.75, 3.05) is 12.3 Å². The van der Waals surface area contributed by atoms with Gasteiger partial charge < -0.3 is 0 Å². The summed E-state index contributed by atoms with van der Waals surface area (Å²) in [5, 5.41) is 1.89. The molecule has 0 saturated heterocycles. The molecule has 3 heteroatoms. The Kier molecular flexibility index (Phi) is 3.27. The van der Waals surface area contributed by atoms with E-state index in [4.69, 9.17) is 11.6 Å². The predicted octanol–water partition coefficient (Wildman–Crippen LogP) is 3.50. The summed E-state index contributed by atoms with van der Waals surface area (Å²) in [7, 11) is 0. The van der Waals surface area contributed by atoms with Crippen LogP contribution in [0.25, 0.3) is 6.08 Å². The maximum absolute atomic E-state index is 5.87. The Balaban J connectivity index is 2.09. The molecule has 1 aliphatic heterocycles. The van der Waals surface area contributed by atoms with Crippen LogP contribution in [0.2, 0.25) is 5.02 Å². The molecule has 2 rings (SSSR count). The van der Waals surface area contributed by atoms with E-state index in [-0.39, 0.29) is 0 Å². The van der Waals surface area contributed by atoms with Crippen LogP contribution < -0.4 is 0 Å². The lowest BCUT2D eigenvalue weighted by Gasteiger charge is -1.93. The molecule has 1 heterocycles. The SMILES string of the molecule is Clc1cccc(/C=C\C2=NCCS2)c1. The van der Waals surface area contributed by atoms with Crippen molar-refractivity contribution in [2.45, 2.75) is 0 Å². The molecule has 0 saturated carbocycles. The van der Waals surface area contributed by atoms with Crippen molar-refractivity contribution in [1.29, 1.82) is 0 Å². The van der Waals surface area contributed by atoms with Crippen LogP contribution in [-0.2, 0) is 0 Å². The molecule has 1 aromatic rings. The number of hydrogen-bond acceptors (Lipinski definition) is 2. The van der Waals surface area contributed by atoms with E-state index in [0.29, 0.717) is 0 Å². The first-order chi connectivity index (χ1) is 6.84. The Hall–Kier alpha value is -0.730. The number of nitrogens with zero attached hydrogens (tertiary/aromatic N) is 1. The summed E-state index contributed by atoms with van der Waals surface area (Å²) < 4.78 is 0. The minimum atomic E-state index is 0.771. The Bertz CT molecular complexity index is 385. The summed E-state index contributed by atoms with van der Waals surface area (Å²) in [6, 6.07) is 7.80. The number of hydrogen-bond donors (Lipinski definition) is 0. The van der Waals surface area contributed by atoms with Gasteiger partial charge in [-0.3, -0.25) is 4.99 Å². The molecule has 0 aromatic heterocycles. The number of halogens is 1. The molecule has 0 aliphatic carbocycles. The topological polar surface area (TPSA) is 12.4 Å².